The first-order chi connectivity index (χ1) is 9.33. The number of hydrogen-bond acceptors (Lipinski definition) is 3. The minimum absolute atomic E-state index is 0.242. The first kappa shape index (κ1) is 15.0. The maximum absolute atomic E-state index is 12.3. The van der Waals surface area contributed by atoms with Crippen LogP contribution in [0.2, 0.25) is 0 Å². The smallest absolute Gasteiger partial charge is 0.264 e. The predicted molar refractivity (Wildman–Crippen MR) is 81.4 cm³/mol. The highest BCUT2D eigenvalue weighted by Gasteiger charge is 2.20. The van der Waals surface area contributed by atoms with E-state index in [1.54, 1.807) is 26.0 Å². The van der Waals surface area contributed by atoms with Gasteiger partial charge in [-0.05, 0) is 36.8 Å². The Hall–Kier alpha value is -1.39. The van der Waals surface area contributed by atoms with Gasteiger partial charge in [0.1, 0.15) is 4.90 Å². The lowest BCUT2D eigenvalue weighted by molar-refractivity contribution is 0.249. The van der Waals surface area contributed by atoms with Crippen LogP contribution in [0, 0.1) is 0 Å². The van der Waals surface area contributed by atoms with Crippen molar-refractivity contribution in [2.24, 2.45) is 0 Å². The lowest BCUT2D eigenvalue weighted by Crippen LogP contribution is -2.13. The van der Waals surface area contributed by atoms with Crippen molar-refractivity contribution in [1.82, 2.24) is 0 Å². The molecule has 0 bridgehead atoms. The van der Waals surface area contributed by atoms with Gasteiger partial charge in [-0.2, -0.15) is 8.42 Å². The van der Waals surface area contributed by atoms with Crippen LogP contribution in [0.3, 0.4) is 0 Å². The summed E-state index contributed by atoms with van der Waals surface area (Å²) in [6.07, 6.45) is -0.372. The molecule has 4 heteroatoms. The largest absolute Gasteiger partial charge is 0.297 e. The van der Waals surface area contributed by atoms with Gasteiger partial charge in [0.15, 0.2) is 0 Å². The third-order valence-electron chi connectivity index (χ3n) is 3.13. The number of benzene rings is 2. The molecule has 0 aliphatic carbocycles. The fourth-order valence-electron chi connectivity index (χ4n) is 2.33. The van der Waals surface area contributed by atoms with E-state index in [-0.39, 0.29) is 11.0 Å². The molecule has 0 aliphatic rings. The van der Waals surface area contributed by atoms with Crippen LogP contribution in [0.5, 0.6) is 0 Å². The average molecular weight is 292 g/mol. The molecule has 3 nitrogen and oxygen atoms in total. The van der Waals surface area contributed by atoms with E-state index in [0.29, 0.717) is 5.92 Å². The molecule has 2 rings (SSSR count). The Bertz CT molecular complexity index is 716. The minimum Gasteiger partial charge on any atom is -0.264 e. The first-order valence-electron chi connectivity index (χ1n) is 6.78. The van der Waals surface area contributed by atoms with Gasteiger partial charge in [-0.25, -0.2) is 0 Å². The highest BCUT2D eigenvalue weighted by atomic mass is 32.2. The van der Waals surface area contributed by atoms with Crippen LogP contribution in [0.15, 0.2) is 41.3 Å². The van der Waals surface area contributed by atoms with Gasteiger partial charge in [0.25, 0.3) is 10.1 Å². The van der Waals surface area contributed by atoms with Gasteiger partial charge in [0.2, 0.25) is 0 Å². The van der Waals surface area contributed by atoms with Crippen molar-refractivity contribution in [2.75, 3.05) is 0 Å². The van der Waals surface area contributed by atoms with Crippen molar-refractivity contribution in [3.63, 3.8) is 0 Å². The summed E-state index contributed by atoms with van der Waals surface area (Å²) in [5.41, 5.74) is 1.14. The topological polar surface area (TPSA) is 43.4 Å². The molecule has 108 valence electrons. The number of fused-ring (bicyclic) bond motifs is 1. The molecule has 0 unspecified atom stereocenters. The van der Waals surface area contributed by atoms with E-state index in [1.165, 1.54) is 0 Å². The zero-order valence-corrected chi connectivity index (χ0v) is 13.1. The number of hydrogen-bond donors (Lipinski definition) is 0. The van der Waals surface area contributed by atoms with Gasteiger partial charge in [0.05, 0.1) is 6.10 Å². The molecular weight excluding hydrogens is 272 g/mol. The molecule has 0 aliphatic heterocycles. The van der Waals surface area contributed by atoms with E-state index in [4.69, 9.17) is 4.18 Å². The van der Waals surface area contributed by atoms with Crippen molar-refractivity contribution in [3.05, 3.63) is 42.0 Å². The van der Waals surface area contributed by atoms with Crippen LogP contribution in [0.1, 0.15) is 39.2 Å². The zero-order valence-electron chi connectivity index (χ0n) is 12.3. The standard InChI is InChI=1S/C16H20O3S/c1-11(2)13-7-5-9-15-14(13)8-6-10-16(15)20(17,18)19-12(3)4/h5-12H,1-4H3. The van der Waals surface area contributed by atoms with Crippen molar-refractivity contribution >= 4 is 20.9 Å². The number of rotatable bonds is 4. The Kier molecular flexibility index (Phi) is 4.16. The molecule has 0 amide bonds. The molecule has 2 aromatic rings. The van der Waals surface area contributed by atoms with Crippen LogP contribution < -0.4 is 0 Å². The van der Waals surface area contributed by atoms with Crippen LogP contribution in [0.25, 0.3) is 10.8 Å². The average Bonchev–Trinajstić information content (AvgIpc) is 2.35. The van der Waals surface area contributed by atoms with Gasteiger partial charge in [0, 0.05) is 5.39 Å². The van der Waals surface area contributed by atoms with Gasteiger partial charge in [-0.15, -0.1) is 0 Å². The molecule has 0 heterocycles. The van der Waals surface area contributed by atoms with E-state index in [2.05, 4.69) is 13.8 Å². The summed E-state index contributed by atoms with van der Waals surface area (Å²) in [6, 6.07) is 11.1. The molecule has 0 atom stereocenters. The monoisotopic (exact) mass is 292 g/mol. The summed E-state index contributed by atoms with van der Waals surface area (Å²) < 4.78 is 29.7. The van der Waals surface area contributed by atoms with Crippen LogP contribution in [0.4, 0.5) is 0 Å². The Labute approximate surface area is 120 Å². The van der Waals surface area contributed by atoms with Crippen LogP contribution in [-0.4, -0.2) is 14.5 Å². The third kappa shape index (κ3) is 2.86. The molecule has 0 spiro atoms. The predicted octanol–water partition coefficient (Wildman–Crippen LogP) is 4.08. The maximum Gasteiger partial charge on any atom is 0.297 e. The second-order valence-electron chi connectivity index (χ2n) is 5.45. The van der Waals surface area contributed by atoms with Crippen molar-refractivity contribution in [2.45, 2.75) is 44.6 Å². The van der Waals surface area contributed by atoms with Gasteiger partial charge < -0.3 is 0 Å². The molecule has 0 saturated carbocycles. The van der Waals surface area contributed by atoms with Crippen LogP contribution in [-0.2, 0) is 14.3 Å². The molecular formula is C16H20O3S. The third-order valence-corrected chi connectivity index (χ3v) is 4.66. The van der Waals surface area contributed by atoms with Crippen molar-refractivity contribution < 1.29 is 12.6 Å². The maximum atomic E-state index is 12.3. The lowest BCUT2D eigenvalue weighted by Gasteiger charge is -2.14. The molecule has 0 saturated heterocycles. The lowest BCUT2D eigenvalue weighted by atomic mass is 9.96. The summed E-state index contributed by atoms with van der Waals surface area (Å²) in [7, 11) is -3.73. The van der Waals surface area contributed by atoms with Gasteiger partial charge >= 0.3 is 0 Å². The van der Waals surface area contributed by atoms with Gasteiger partial charge in [-0.1, -0.05) is 44.2 Å². The highest BCUT2D eigenvalue weighted by molar-refractivity contribution is 7.87. The normalized spacial score (nSPS) is 12.5. The summed E-state index contributed by atoms with van der Waals surface area (Å²) in [5.74, 6) is 0.336. The Morgan fingerprint density at radius 3 is 2.10 bits per heavy atom. The van der Waals surface area contributed by atoms with E-state index in [0.717, 1.165) is 16.3 Å². The quantitative estimate of drug-likeness (QED) is 0.798. The highest BCUT2D eigenvalue weighted by Crippen LogP contribution is 2.30. The molecule has 0 N–H and O–H groups in total. The summed E-state index contributed by atoms with van der Waals surface area (Å²) in [6.45, 7) is 7.62. The summed E-state index contributed by atoms with van der Waals surface area (Å²) in [5, 5.41) is 1.69. The molecule has 20 heavy (non-hydrogen) atoms. The fourth-order valence-corrected chi connectivity index (χ4v) is 3.64. The SMILES string of the molecule is CC(C)OS(=O)(=O)c1cccc2c(C(C)C)cccc12. The molecule has 0 aromatic heterocycles. The summed E-state index contributed by atoms with van der Waals surface area (Å²) in [4.78, 5) is 0.242. The fraction of sp³-hybridized carbons (Fsp3) is 0.375. The summed E-state index contributed by atoms with van der Waals surface area (Å²) >= 11 is 0. The molecule has 2 aromatic carbocycles. The first-order valence-corrected chi connectivity index (χ1v) is 8.18. The Balaban J connectivity index is 2.71. The van der Waals surface area contributed by atoms with Crippen molar-refractivity contribution in [1.29, 1.82) is 0 Å². The Morgan fingerprint density at radius 2 is 1.50 bits per heavy atom. The second kappa shape index (κ2) is 5.54. The zero-order chi connectivity index (χ0) is 14.9. The van der Waals surface area contributed by atoms with E-state index in [1.807, 2.05) is 24.3 Å². The van der Waals surface area contributed by atoms with Gasteiger partial charge in [-0.3, -0.25) is 4.18 Å². The van der Waals surface area contributed by atoms with E-state index < -0.39 is 10.1 Å². The molecule has 0 fully saturated rings. The minimum atomic E-state index is -3.73. The van der Waals surface area contributed by atoms with Crippen molar-refractivity contribution in [3.8, 4) is 0 Å². The van der Waals surface area contributed by atoms with E-state index in [9.17, 15) is 8.42 Å². The second-order valence-corrected chi connectivity index (χ2v) is 6.99. The molecule has 0 radical (unpaired) electrons. The Morgan fingerprint density at radius 1 is 0.900 bits per heavy atom. The van der Waals surface area contributed by atoms with Crippen LogP contribution >= 0.6 is 0 Å². The van der Waals surface area contributed by atoms with E-state index >= 15 is 0 Å².